The summed E-state index contributed by atoms with van der Waals surface area (Å²) in [6.45, 7) is 4.74. The number of aromatic amines is 1. The van der Waals surface area contributed by atoms with Crippen molar-refractivity contribution in [2.24, 2.45) is 0 Å². The van der Waals surface area contributed by atoms with Gasteiger partial charge < -0.3 is 20.3 Å². The zero-order chi connectivity index (χ0) is 16.3. The van der Waals surface area contributed by atoms with Crippen molar-refractivity contribution in [2.75, 3.05) is 20.2 Å². The van der Waals surface area contributed by atoms with E-state index in [2.05, 4.69) is 10.3 Å². The van der Waals surface area contributed by atoms with E-state index in [4.69, 9.17) is 17.3 Å². The summed E-state index contributed by atoms with van der Waals surface area (Å²) in [6.07, 6.45) is 0. The average molecular weight is 319 g/mol. The van der Waals surface area contributed by atoms with Gasteiger partial charge in [0, 0.05) is 19.2 Å². The van der Waals surface area contributed by atoms with Crippen LogP contribution >= 0.6 is 12.2 Å². The first-order chi connectivity index (χ1) is 10.5. The number of benzene rings is 1. The molecule has 0 aliphatic heterocycles. The highest BCUT2D eigenvalue weighted by Crippen LogP contribution is 2.19. The Kier molecular flexibility index (Phi) is 5.15. The maximum absolute atomic E-state index is 12.3. The number of aliphatic hydroxyl groups excluding tert-OH is 1. The fourth-order valence-corrected chi connectivity index (χ4v) is 2.58. The van der Waals surface area contributed by atoms with Gasteiger partial charge in [-0.05, 0) is 48.6 Å². The minimum absolute atomic E-state index is 0.0222. The number of rotatable bonds is 4. The van der Waals surface area contributed by atoms with Crippen LogP contribution in [-0.2, 0) is 6.54 Å². The third kappa shape index (κ3) is 3.28. The third-order valence-corrected chi connectivity index (χ3v) is 4.32. The van der Waals surface area contributed by atoms with Gasteiger partial charge in [0.15, 0.2) is 5.11 Å². The molecule has 0 aliphatic rings. The number of thiocarbonyl (C=S) groups is 1. The van der Waals surface area contributed by atoms with E-state index in [1.807, 2.05) is 32.0 Å². The summed E-state index contributed by atoms with van der Waals surface area (Å²) in [5.74, 6) is 0. The molecule has 0 amide bonds. The summed E-state index contributed by atoms with van der Waals surface area (Å²) < 4.78 is 0. The van der Waals surface area contributed by atoms with Crippen LogP contribution in [0.2, 0.25) is 0 Å². The molecule has 1 aromatic carbocycles. The summed E-state index contributed by atoms with van der Waals surface area (Å²) in [5, 5.41) is 13.5. The van der Waals surface area contributed by atoms with Crippen LogP contribution in [0.5, 0.6) is 0 Å². The molecule has 2 rings (SSSR count). The molecule has 1 aromatic heterocycles. The quantitative estimate of drug-likeness (QED) is 0.744. The van der Waals surface area contributed by atoms with E-state index in [9.17, 15) is 4.79 Å². The molecule has 2 aromatic rings. The van der Waals surface area contributed by atoms with E-state index in [1.54, 1.807) is 11.9 Å². The maximum Gasteiger partial charge on any atom is 0.253 e. The molecule has 22 heavy (non-hydrogen) atoms. The number of pyridine rings is 1. The van der Waals surface area contributed by atoms with Crippen LogP contribution < -0.4 is 10.9 Å². The largest absolute Gasteiger partial charge is 0.395 e. The molecule has 3 N–H and O–H groups in total. The lowest BCUT2D eigenvalue weighted by molar-refractivity contribution is 0.245. The Hall–Kier alpha value is -1.92. The Balaban J connectivity index is 2.43. The topological polar surface area (TPSA) is 68.4 Å². The number of fused-ring (bicyclic) bond motifs is 1. The molecule has 6 heteroatoms. The summed E-state index contributed by atoms with van der Waals surface area (Å²) in [7, 11) is 1.73. The first-order valence-electron chi connectivity index (χ1n) is 7.17. The van der Waals surface area contributed by atoms with Crippen molar-refractivity contribution in [3.05, 3.63) is 45.2 Å². The highest BCUT2D eigenvalue weighted by atomic mass is 32.1. The Morgan fingerprint density at radius 2 is 2.14 bits per heavy atom. The molecule has 1 heterocycles. The minimum Gasteiger partial charge on any atom is -0.395 e. The summed E-state index contributed by atoms with van der Waals surface area (Å²) in [5.41, 5.74) is 3.61. The third-order valence-electron chi connectivity index (χ3n) is 3.86. The molecule has 0 bridgehead atoms. The van der Waals surface area contributed by atoms with Gasteiger partial charge in [-0.15, -0.1) is 0 Å². The monoisotopic (exact) mass is 319 g/mol. The fraction of sp³-hybridized carbons (Fsp3) is 0.375. The molecule has 0 spiro atoms. The van der Waals surface area contributed by atoms with Crippen molar-refractivity contribution in [3.8, 4) is 0 Å². The van der Waals surface area contributed by atoms with Gasteiger partial charge in [-0.2, -0.15) is 0 Å². The predicted molar refractivity (Wildman–Crippen MR) is 93.2 cm³/mol. The number of aliphatic hydroxyl groups is 1. The Morgan fingerprint density at radius 1 is 1.41 bits per heavy atom. The summed E-state index contributed by atoms with van der Waals surface area (Å²) in [6, 6.07) is 5.94. The van der Waals surface area contributed by atoms with Gasteiger partial charge in [0.2, 0.25) is 0 Å². The second-order valence-corrected chi connectivity index (χ2v) is 5.68. The van der Waals surface area contributed by atoms with E-state index in [0.717, 1.165) is 22.0 Å². The summed E-state index contributed by atoms with van der Waals surface area (Å²) >= 11 is 5.21. The Bertz CT molecular complexity index is 755. The fourth-order valence-electron chi connectivity index (χ4n) is 2.42. The number of H-pyrrole nitrogens is 1. The van der Waals surface area contributed by atoms with Gasteiger partial charge in [-0.1, -0.05) is 12.1 Å². The molecular formula is C16H21N3O2S. The van der Waals surface area contributed by atoms with E-state index in [-0.39, 0.29) is 12.2 Å². The number of hydrogen-bond acceptors (Lipinski definition) is 3. The van der Waals surface area contributed by atoms with Crippen molar-refractivity contribution >= 4 is 28.2 Å². The van der Waals surface area contributed by atoms with Crippen LogP contribution in [0.3, 0.4) is 0 Å². The van der Waals surface area contributed by atoms with Gasteiger partial charge in [0.25, 0.3) is 5.56 Å². The Labute approximate surface area is 135 Å². The lowest BCUT2D eigenvalue weighted by Gasteiger charge is -2.23. The molecule has 5 nitrogen and oxygen atoms in total. The van der Waals surface area contributed by atoms with Gasteiger partial charge in [0.1, 0.15) is 0 Å². The summed E-state index contributed by atoms with van der Waals surface area (Å²) in [4.78, 5) is 17.1. The SMILES string of the molecule is CNC(=S)N(CCO)Cc1cc2ccc(C)c(C)c2[nH]c1=O. The lowest BCUT2D eigenvalue weighted by Crippen LogP contribution is -2.40. The normalized spacial score (nSPS) is 10.7. The number of hydrogen-bond donors (Lipinski definition) is 3. The average Bonchev–Trinajstić information content (AvgIpc) is 2.51. The van der Waals surface area contributed by atoms with E-state index in [0.29, 0.717) is 23.8 Å². The molecule has 0 saturated heterocycles. The maximum atomic E-state index is 12.3. The van der Waals surface area contributed by atoms with Crippen molar-refractivity contribution in [3.63, 3.8) is 0 Å². The standard InChI is InChI=1S/C16H21N3O2S/c1-10-4-5-12-8-13(15(21)18-14(12)11(10)2)9-19(6-7-20)16(22)17-3/h4-5,8,20H,6-7,9H2,1-3H3,(H,17,22)(H,18,21). The van der Waals surface area contributed by atoms with Crippen molar-refractivity contribution < 1.29 is 5.11 Å². The highest BCUT2D eigenvalue weighted by molar-refractivity contribution is 7.80. The van der Waals surface area contributed by atoms with Gasteiger partial charge >= 0.3 is 0 Å². The molecule has 0 aliphatic carbocycles. The van der Waals surface area contributed by atoms with Crippen molar-refractivity contribution in [1.29, 1.82) is 0 Å². The van der Waals surface area contributed by atoms with Gasteiger partial charge in [0.05, 0.1) is 18.7 Å². The molecule has 0 atom stereocenters. The molecule has 0 unspecified atom stereocenters. The number of nitrogens with one attached hydrogen (secondary N) is 2. The van der Waals surface area contributed by atoms with Gasteiger partial charge in [-0.25, -0.2) is 0 Å². The molecule has 0 saturated carbocycles. The molecule has 118 valence electrons. The van der Waals surface area contributed by atoms with Crippen molar-refractivity contribution in [1.82, 2.24) is 15.2 Å². The molecular weight excluding hydrogens is 298 g/mol. The number of nitrogens with zero attached hydrogens (tertiary/aromatic N) is 1. The van der Waals surface area contributed by atoms with Gasteiger partial charge in [-0.3, -0.25) is 4.79 Å². The minimum atomic E-state index is -0.122. The zero-order valence-corrected chi connectivity index (χ0v) is 13.9. The van der Waals surface area contributed by atoms with Crippen LogP contribution in [0.1, 0.15) is 16.7 Å². The number of aromatic nitrogens is 1. The van der Waals surface area contributed by atoms with E-state index in [1.165, 1.54) is 0 Å². The predicted octanol–water partition coefficient (Wildman–Crippen LogP) is 1.44. The van der Waals surface area contributed by atoms with E-state index < -0.39 is 0 Å². The van der Waals surface area contributed by atoms with Crippen LogP contribution in [-0.4, -0.2) is 40.3 Å². The van der Waals surface area contributed by atoms with Crippen LogP contribution in [0.4, 0.5) is 0 Å². The molecule has 0 radical (unpaired) electrons. The molecule has 0 fully saturated rings. The smallest absolute Gasteiger partial charge is 0.253 e. The van der Waals surface area contributed by atoms with Crippen LogP contribution in [0, 0.1) is 13.8 Å². The van der Waals surface area contributed by atoms with E-state index >= 15 is 0 Å². The Morgan fingerprint density at radius 3 is 2.77 bits per heavy atom. The highest BCUT2D eigenvalue weighted by Gasteiger charge is 2.12. The zero-order valence-electron chi connectivity index (χ0n) is 13.1. The van der Waals surface area contributed by atoms with Crippen LogP contribution in [0.15, 0.2) is 23.0 Å². The number of aryl methyl sites for hydroxylation is 2. The van der Waals surface area contributed by atoms with Crippen molar-refractivity contribution in [2.45, 2.75) is 20.4 Å². The van der Waals surface area contributed by atoms with Crippen LogP contribution in [0.25, 0.3) is 10.9 Å². The lowest BCUT2D eigenvalue weighted by atomic mass is 10.0. The first-order valence-corrected chi connectivity index (χ1v) is 7.58. The first kappa shape index (κ1) is 16.5. The second kappa shape index (κ2) is 6.89. The second-order valence-electron chi connectivity index (χ2n) is 5.30.